The molecule has 1 rings (SSSR count). The van der Waals surface area contributed by atoms with E-state index in [9.17, 15) is 0 Å². The van der Waals surface area contributed by atoms with Crippen molar-refractivity contribution in [2.75, 3.05) is 59.3 Å². The number of aliphatic hydroxyl groups excluding tert-OH is 3. The highest BCUT2D eigenvalue weighted by Crippen LogP contribution is 1.95. The van der Waals surface area contributed by atoms with Gasteiger partial charge in [0.1, 0.15) is 0 Å². The SMILES string of the molecule is OCCN1CCOC1.OCCNCCO. The molecule has 0 spiro atoms. The molecule has 4 N–H and O–H groups in total. The summed E-state index contributed by atoms with van der Waals surface area (Å²) in [5.74, 6) is 0. The van der Waals surface area contributed by atoms with Crippen LogP contribution in [0.25, 0.3) is 0 Å². The van der Waals surface area contributed by atoms with Crippen molar-refractivity contribution >= 4 is 0 Å². The highest BCUT2D eigenvalue weighted by atomic mass is 16.5. The molecule has 0 amide bonds. The van der Waals surface area contributed by atoms with E-state index in [1.807, 2.05) is 0 Å². The highest BCUT2D eigenvalue weighted by molar-refractivity contribution is 4.56. The Morgan fingerprint density at radius 2 is 1.73 bits per heavy atom. The van der Waals surface area contributed by atoms with E-state index in [1.54, 1.807) is 0 Å². The van der Waals surface area contributed by atoms with E-state index in [2.05, 4.69) is 10.2 Å². The van der Waals surface area contributed by atoms with E-state index in [1.165, 1.54) is 0 Å². The summed E-state index contributed by atoms with van der Waals surface area (Å²) >= 11 is 0. The molecule has 1 aliphatic heterocycles. The minimum absolute atomic E-state index is 0.139. The van der Waals surface area contributed by atoms with Crippen molar-refractivity contribution in [3.8, 4) is 0 Å². The first-order valence-corrected chi connectivity index (χ1v) is 5.18. The fraction of sp³-hybridized carbons (Fsp3) is 1.00. The fourth-order valence-corrected chi connectivity index (χ4v) is 1.05. The summed E-state index contributed by atoms with van der Waals surface area (Å²) in [4.78, 5) is 2.07. The van der Waals surface area contributed by atoms with E-state index >= 15 is 0 Å². The molecule has 1 heterocycles. The van der Waals surface area contributed by atoms with Crippen molar-refractivity contribution in [3.05, 3.63) is 0 Å². The van der Waals surface area contributed by atoms with Crippen LogP contribution in [0, 0.1) is 0 Å². The van der Waals surface area contributed by atoms with E-state index in [0.29, 0.717) is 19.8 Å². The van der Waals surface area contributed by atoms with Gasteiger partial charge < -0.3 is 25.4 Å². The largest absolute Gasteiger partial charge is 0.395 e. The minimum atomic E-state index is 0.139. The van der Waals surface area contributed by atoms with E-state index < -0.39 is 0 Å². The van der Waals surface area contributed by atoms with Gasteiger partial charge in [-0.05, 0) is 0 Å². The summed E-state index contributed by atoms with van der Waals surface area (Å²) in [6.45, 7) is 4.89. The van der Waals surface area contributed by atoms with Gasteiger partial charge in [-0.1, -0.05) is 0 Å². The zero-order valence-corrected chi connectivity index (χ0v) is 9.06. The lowest BCUT2D eigenvalue weighted by atomic mass is 10.6. The van der Waals surface area contributed by atoms with Gasteiger partial charge in [0.25, 0.3) is 0 Å². The Balaban J connectivity index is 0.000000265. The first kappa shape index (κ1) is 14.8. The van der Waals surface area contributed by atoms with Crippen molar-refractivity contribution in [2.45, 2.75) is 0 Å². The van der Waals surface area contributed by atoms with Gasteiger partial charge >= 0.3 is 0 Å². The maximum absolute atomic E-state index is 8.43. The van der Waals surface area contributed by atoms with E-state index in [0.717, 1.165) is 19.7 Å². The monoisotopic (exact) mass is 222 g/mol. The molecule has 0 atom stereocenters. The summed E-state index contributed by atoms with van der Waals surface area (Å²) < 4.78 is 5.02. The van der Waals surface area contributed by atoms with Crippen molar-refractivity contribution in [1.82, 2.24) is 10.2 Å². The summed E-state index contributed by atoms with van der Waals surface area (Å²) in [5, 5.41) is 27.5. The second-order valence-corrected chi connectivity index (χ2v) is 3.08. The lowest BCUT2D eigenvalue weighted by Gasteiger charge is -2.08. The lowest BCUT2D eigenvalue weighted by molar-refractivity contribution is 0.125. The average Bonchev–Trinajstić information content (AvgIpc) is 2.73. The molecule has 6 nitrogen and oxygen atoms in total. The van der Waals surface area contributed by atoms with Crippen LogP contribution in [0.1, 0.15) is 0 Å². The van der Waals surface area contributed by atoms with Crippen molar-refractivity contribution in [3.63, 3.8) is 0 Å². The highest BCUT2D eigenvalue weighted by Gasteiger charge is 2.09. The van der Waals surface area contributed by atoms with Gasteiger partial charge in [-0.15, -0.1) is 0 Å². The van der Waals surface area contributed by atoms with Gasteiger partial charge in [-0.2, -0.15) is 0 Å². The Morgan fingerprint density at radius 1 is 1.07 bits per heavy atom. The number of hydrogen-bond donors (Lipinski definition) is 4. The first-order valence-electron chi connectivity index (χ1n) is 5.18. The molecule has 0 radical (unpaired) electrons. The lowest BCUT2D eigenvalue weighted by Crippen LogP contribution is -2.23. The predicted octanol–water partition coefficient (Wildman–Crippen LogP) is -2.17. The number of aliphatic hydroxyl groups is 3. The minimum Gasteiger partial charge on any atom is -0.395 e. The molecule has 0 aromatic rings. The van der Waals surface area contributed by atoms with Crippen LogP contribution in [0.3, 0.4) is 0 Å². The average molecular weight is 222 g/mol. The summed E-state index contributed by atoms with van der Waals surface area (Å²) in [5.41, 5.74) is 0. The van der Waals surface area contributed by atoms with Crippen LogP contribution in [-0.2, 0) is 4.74 Å². The molecular formula is C9H22N2O4. The smallest absolute Gasteiger partial charge is 0.0992 e. The van der Waals surface area contributed by atoms with Gasteiger partial charge in [-0.25, -0.2) is 0 Å². The number of nitrogens with one attached hydrogen (secondary N) is 1. The normalized spacial score (nSPS) is 16.2. The molecule has 0 aromatic heterocycles. The Kier molecular flexibility index (Phi) is 11.6. The predicted molar refractivity (Wildman–Crippen MR) is 56.5 cm³/mol. The van der Waals surface area contributed by atoms with Crippen molar-refractivity contribution in [1.29, 1.82) is 0 Å². The zero-order valence-electron chi connectivity index (χ0n) is 9.06. The number of β-amino-alcohol motifs (C(OH)–C–C–N with tert-alkyl or cyclic N) is 1. The molecule has 6 heteroatoms. The Morgan fingerprint density at radius 3 is 2.13 bits per heavy atom. The van der Waals surface area contributed by atoms with E-state index in [4.69, 9.17) is 20.1 Å². The molecule has 0 saturated carbocycles. The molecule has 15 heavy (non-hydrogen) atoms. The maximum Gasteiger partial charge on any atom is 0.0992 e. The number of hydrogen-bond acceptors (Lipinski definition) is 6. The van der Waals surface area contributed by atoms with Crippen LogP contribution in [0.2, 0.25) is 0 Å². The van der Waals surface area contributed by atoms with Gasteiger partial charge in [0.2, 0.25) is 0 Å². The van der Waals surface area contributed by atoms with Crippen LogP contribution in [0.15, 0.2) is 0 Å². The molecule has 0 bridgehead atoms. The second-order valence-electron chi connectivity index (χ2n) is 3.08. The third-order valence-electron chi connectivity index (χ3n) is 1.82. The van der Waals surface area contributed by atoms with Gasteiger partial charge in [0.15, 0.2) is 0 Å². The van der Waals surface area contributed by atoms with E-state index in [-0.39, 0.29) is 19.8 Å². The van der Waals surface area contributed by atoms with Crippen molar-refractivity contribution in [2.24, 2.45) is 0 Å². The summed E-state index contributed by atoms with van der Waals surface area (Å²) in [6, 6.07) is 0. The molecule has 1 fully saturated rings. The number of rotatable bonds is 6. The van der Waals surface area contributed by atoms with Crippen LogP contribution in [0.5, 0.6) is 0 Å². The summed E-state index contributed by atoms with van der Waals surface area (Å²) in [6.07, 6.45) is 0. The second kappa shape index (κ2) is 11.8. The maximum atomic E-state index is 8.43. The molecular weight excluding hydrogens is 200 g/mol. The third kappa shape index (κ3) is 10.1. The van der Waals surface area contributed by atoms with Gasteiger partial charge in [0, 0.05) is 26.2 Å². The number of ether oxygens (including phenoxy) is 1. The topological polar surface area (TPSA) is 85.2 Å². The quantitative estimate of drug-likeness (QED) is 0.383. The van der Waals surface area contributed by atoms with Gasteiger partial charge in [0.05, 0.1) is 33.2 Å². The molecule has 92 valence electrons. The first-order chi connectivity index (χ1) is 7.35. The zero-order chi connectivity index (χ0) is 11.4. The Hall–Kier alpha value is -0.240. The summed E-state index contributed by atoms with van der Waals surface area (Å²) in [7, 11) is 0. The fourth-order valence-electron chi connectivity index (χ4n) is 1.05. The Bertz CT molecular complexity index is 117. The molecule has 0 aliphatic carbocycles. The standard InChI is InChI=1S/C5H11NO2.C4H11NO2/c7-3-1-6-2-4-8-5-6;6-3-1-5-2-4-7/h7H,1-5H2;5-7H,1-4H2. The number of nitrogens with zero attached hydrogens (tertiary/aromatic N) is 1. The van der Waals surface area contributed by atoms with Crippen molar-refractivity contribution < 1.29 is 20.1 Å². The van der Waals surface area contributed by atoms with Crippen LogP contribution in [-0.4, -0.2) is 79.6 Å². The molecule has 1 aliphatic rings. The molecule has 0 aromatic carbocycles. The third-order valence-corrected chi connectivity index (χ3v) is 1.82. The Labute approximate surface area is 90.5 Å². The van der Waals surface area contributed by atoms with Crippen LogP contribution in [0.4, 0.5) is 0 Å². The molecule has 0 unspecified atom stereocenters. The molecule has 1 saturated heterocycles. The van der Waals surface area contributed by atoms with Crippen LogP contribution >= 0.6 is 0 Å². The van der Waals surface area contributed by atoms with Gasteiger partial charge in [-0.3, -0.25) is 4.90 Å². The van der Waals surface area contributed by atoms with Crippen LogP contribution < -0.4 is 5.32 Å².